The van der Waals surface area contributed by atoms with Crippen molar-refractivity contribution in [3.63, 3.8) is 0 Å². The third-order valence-electron chi connectivity index (χ3n) is 1.49. The van der Waals surface area contributed by atoms with E-state index in [9.17, 15) is 4.79 Å². The van der Waals surface area contributed by atoms with E-state index in [1.54, 1.807) is 13.0 Å². The van der Waals surface area contributed by atoms with Gasteiger partial charge in [0.2, 0.25) is 0 Å². The van der Waals surface area contributed by atoms with Crippen molar-refractivity contribution >= 4 is 5.97 Å². The van der Waals surface area contributed by atoms with E-state index in [0.717, 1.165) is 6.42 Å². The Morgan fingerprint density at radius 2 is 2.08 bits per heavy atom. The molecule has 0 aliphatic carbocycles. The molecule has 0 bridgehead atoms. The highest BCUT2D eigenvalue weighted by atomic mass is 16.5. The van der Waals surface area contributed by atoms with Crippen molar-refractivity contribution < 1.29 is 9.53 Å². The van der Waals surface area contributed by atoms with Crippen molar-refractivity contribution in [3.8, 4) is 0 Å². The zero-order valence-corrected chi connectivity index (χ0v) is 8.45. The molecule has 0 aromatic heterocycles. The van der Waals surface area contributed by atoms with Gasteiger partial charge in [0.1, 0.15) is 0 Å². The number of carbonyl (C=O) groups excluding carboxylic acids is 1. The smallest absolute Gasteiger partial charge is 0.330 e. The maximum atomic E-state index is 10.8. The molecule has 0 spiro atoms. The van der Waals surface area contributed by atoms with Gasteiger partial charge in [-0.15, -0.1) is 0 Å². The van der Waals surface area contributed by atoms with Crippen molar-refractivity contribution in [2.45, 2.75) is 33.1 Å². The van der Waals surface area contributed by atoms with Crippen LogP contribution in [0.5, 0.6) is 0 Å². The van der Waals surface area contributed by atoms with Crippen LogP contribution < -0.4 is 0 Å². The van der Waals surface area contributed by atoms with E-state index >= 15 is 0 Å². The van der Waals surface area contributed by atoms with Crippen molar-refractivity contribution in [2.75, 3.05) is 6.61 Å². The van der Waals surface area contributed by atoms with Crippen molar-refractivity contribution in [1.82, 2.24) is 0 Å². The largest absolute Gasteiger partial charge is 0.463 e. The van der Waals surface area contributed by atoms with Gasteiger partial charge in [0.05, 0.1) is 6.61 Å². The summed E-state index contributed by atoms with van der Waals surface area (Å²) < 4.78 is 4.71. The maximum absolute atomic E-state index is 10.8. The first-order valence-electron chi connectivity index (χ1n) is 4.81. The Labute approximate surface area is 80.3 Å². The first-order valence-corrected chi connectivity index (χ1v) is 4.81. The number of unbranched alkanes of at least 4 members (excludes halogenated alkanes) is 2. The third-order valence-corrected chi connectivity index (χ3v) is 1.49. The predicted octanol–water partition coefficient (Wildman–Crippen LogP) is 2.85. The zero-order chi connectivity index (χ0) is 9.94. The topological polar surface area (TPSA) is 26.3 Å². The lowest BCUT2D eigenvalue weighted by Gasteiger charge is -1.92. The minimum Gasteiger partial charge on any atom is -0.463 e. The van der Waals surface area contributed by atoms with Gasteiger partial charge in [-0.25, -0.2) is 4.79 Å². The fourth-order valence-electron chi connectivity index (χ4n) is 0.821. The van der Waals surface area contributed by atoms with Crippen LogP contribution in [0.25, 0.3) is 0 Å². The Kier molecular flexibility index (Phi) is 8.31. The summed E-state index contributed by atoms with van der Waals surface area (Å²) in [7, 11) is 0. The van der Waals surface area contributed by atoms with Gasteiger partial charge in [0.15, 0.2) is 0 Å². The first-order chi connectivity index (χ1) is 6.31. The summed E-state index contributed by atoms with van der Waals surface area (Å²) in [5, 5.41) is 0. The molecule has 0 aromatic rings. The number of esters is 1. The monoisotopic (exact) mass is 182 g/mol. The molecule has 0 saturated heterocycles. The summed E-state index contributed by atoms with van der Waals surface area (Å²) in [5.74, 6) is -0.275. The summed E-state index contributed by atoms with van der Waals surface area (Å²) in [6.07, 6.45) is 10.6. The second kappa shape index (κ2) is 9.04. The SMILES string of the molecule is CCCC/C=C/C=C\C(=O)OCC. The predicted molar refractivity (Wildman–Crippen MR) is 54.4 cm³/mol. The summed E-state index contributed by atoms with van der Waals surface area (Å²) in [5.41, 5.74) is 0. The van der Waals surface area contributed by atoms with Crippen LogP contribution in [0.4, 0.5) is 0 Å². The average molecular weight is 182 g/mol. The fraction of sp³-hybridized carbons (Fsp3) is 0.545. The fourth-order valence-corrected chi connectivity index (χ4v) is 0.821. The molecule has 0 rings (SSSR count). The van der Waals surface area contributed by atoms with Crippen molar-refractivity contribution in [1.29, 1.82) is 0 Å². The summed E-state index contributed by atoms with van der Waals surface area (Å²) in [6, 6.07) is 0. The highest BCUT2D eigenvalue weighted by molar-refractivity contribution is 5.82. The minimum absolute atomic E-state index is 0.275. The normalized spacial score (nSPS) is 11.2. The highest BCUT2D eigenvalue weighted by Crippen LogP contribution is 1.94. The molecular formula is C11H18O2. The second-order valence-electron chi connectivity index (χ2n) is 2.68. The van der Waals surface area contributed by atoms with Crippen LogP contribution >= 0.6 is 0 Å². The number of ether oxygens (including phenoxy) is 1. The Morgan fingerprint density at radius 1 is 1.31 bits per heavy atom. The number of carbonyl (C=O) groups is 1. The molecule has 0 aliphatic rings. The molecule has 13 heavy (non-hydrogen) atoms. The van der Waals surface area contributed by atoms with E-state index < -0.39 is 0 Å². The highest BCUT2D eigenvalue weighted by Gasteiger charge is 1.89. The molecule has 2 heteroatoms. The molecule has 0 aromatic carbocycles. The molecule has 74 valence electrons. The lowest BCUT2D eigenvalue weighted by atomic mass is 10.2. The van der Waals surface area contributed by atoms with Gasteiger partial charge in [-0.3, -0.25) is 0 Å². The van der Waals surface area contributed by atoms with E-state index in [4.69, 9.17) is 4.74 Å². The molecule has 0 saturated carbocycles. The lowest BCUT2D eigenvalue weighted by molar-refractivity contribution is -0.137. The standard InChI is InChI=1S/C11H18O2/c1-3-5-6-7-8-9-10-11(12)13-4-2/h7-10H,3-6H2,1-2H3/b8-7+,10-9-. The molecule has 0 N–H and O–H groups in total. The number of rotatable bonds is 6. The maximum Gasteiger partial charge on any atom is 0.330 e. The molecular weight excluding hydrogens is 164 g/mol. The molecule has 2 nitrogen and oxygen atoms in total. The molecule has 0 heterocycles. The summed E-state index contributed by atoms with van der Waals surface area (Å²) >= 11 is 0. The van der Waals surface area contributed by atoms with Crippen LogP contribution in [0.2, 0.25) is 0 Å². The summed E-state index contributed by atoms with van der Waals surface area (Å²) in [6.45, 7) is 4.38. The van der Waals surface area contributed by atoms with E-state index in [1.807, 2.05) is 6.08 Å². The van der Waals surface area contributed by atoms with Crippen LogP contribution in [0.1, 0.15) is 33.1 Å². The summed E-state index contributed by atoms with van der Waals surface area (Å²) in [4.78, 5) is 10.8. The van der Waals surface area contributed by atoms with Gasteiger partial charge >= 0.3 is 5.97 Å². The second-order valence-corrected chi connectivity index (χ2v) is 2.68. The number of hydrogen-bond donors (Lipinski definition) is 0. The quantitative estimate of drug-likeness (QED) is 0.273. The molecule has 0 atom stereocenters. The van der Waals surface area contributed by atoms with E-state index in [-0.39, 0.29) is 5.97 Å². The van der Waals surface area contributed by atoms with Crippen molar-refractivity contribution in [2.24, 2.45) is 0 Å². The number of allylic oxidation sites excluding steroid dienone is 3. The van der Waals surface area contributed by atoms with Crippen LogP contribution in [-0.2, 0) is 9.53 Å². The lowest BCUT2D eigenvalue weighted by Crippen LogP contribution is -1.98. The van der Waals surface area contributed by atoms with Crippen molar-refractivity contribution in [3.05, 3.63) is 24.3 Å². The Morgan fingerprint density at radius 3 is 2.69 bits per heavy atom. The Bertz CT molecular complexity index is 181. The Balaban J connectivity index is 3.49. The van der Waals surface area contributed by atoms with Crippen LogP contribution in [0.15, 0.2) is 24.3 Å². The van der Waals surface area contributed by atoms with E-state index in [2.05, 4.69) is 13.0 Å². The Hall–Kier alpha value is -1.05. The van der Waals surface area contributed by atoms with Gasteiger partial charge in [-0.1, -0.05) is 38.0 Å². The third kappa shape index (κ3) is 8.86. The van der Waals surface area contributed by atoms with Gasteiger partial charge in [-0.05, 0) is 13.3 Å². The van der Waals surface area contributed by atoms with Gasteiger partial charge in [-0.2, -0.15) is 0 Å². The molecule has 0 unspecified atom stereocenters. The minimum atomic E-state index is -0.275. The van der Waals surface area contributed by atoms with Gasteiger partial charge in [0.25, 0.3) is 0 Å². The van der Waals surface area contributed by atoms with Crippen LogP contribution in [0.3, 0.4) is 0 Å². The molecule has 0 aliphatic heterocycles. The van der Waals surface area contributed by atoms with E-state index in [0.29, 0.717) is 6.61 Å². The first kappa shape index (κ1) is 11.9. The van der Waals surface area contributed by atoms with E-state index in [1.165, 1.54) is 18.9 Å². The molecule has 0 fully saturated rings. The molecule has 0 radical (unpaired) electrons. The van der Waals surface area contributed by atoms with Gasteiger partial charge in [0, 0.05) is 6.08 Å². The van der Waals surface area contributed by atoms with Crippen LogP contribution in [0, 0.1) is 0 Å². The number of hydrogen-bond acceptors (Lipinski definition) is 2. The molecule has 0 amide bonds. The average Bonchev–Trinajstić information content (AvgIpc) is 2.11. The van der Waals surface area contributed by atoms with Crippen LogP contribution in [-0.4, -0.2) is 12.6 Å². The zero-order valence-electron chi connectivity index (χ0n) is 8.45. The van der Waals surface area contributed by atoms with Gasteiger partial charge < -0.3 is 4.74 Å².